The Labute approximate surface area is 81.2 Å². The van der Waals surface area contributed by atoms with Crippen molar-refractivity contribution in [2.45, 2.75) is 6.92 Å². The molecule has 0 amide bonds. The lowest BCUT2D eigenvalue weighted by molar-refractivity contribution is 0.667. The van der Waals surface area contributed by atoms with Crippen LogP contribution in [0, 0.1) is 6.92 Å². The van der Waals surface area contributed by atoms with Gasteiger partial charge in [-0.2, -0.15) is 0 Å². The summed E-state index contributed by atoms with van der Waals surface area (Å²) in [6.45, 7) is 2.08. The Bertz CT molecular complexity index is 610. The van der Waals surface area contributed by atoms with E-state index in [2.05, 4.69) is 24.0 Å². The Hall–Kier alpha value is -1.83. The number of benzene rings is 1. The topological polar surface area (TPSA) is 26.0 Å². The monoisotopic (exact) mass is 183 g/mol. The fourth-order valence-corrected chi connectivity index (χ4v) is 1.75. The van der Waals surface area contributed by atoms with Gasteiger partial charge in [0.05, 0.1) is 6.20 Å². The van der Waals surface area contributed by atoms with Crippen LogP contribution in [0.5, 0.6) is 0 Å². The molecule has 0 fully saturated rings. The maximum atomic E-state index is 5.64. The molecule has 0 bridgehead atoms. The fraction of sp³-hybridized carbons (Fsp3) is 0.0833. The molecule has 0 aliphatic carbocycles. The lowest BCUT2D eigenvalue weighted by atomic mass is 10.1. The third kappa shape index (κ3) is 0.940. The van der Waals surface area contributed by atoms with Crippen molar-refractivity contribution in [2.24, 2.45) is 0 Å². The van der Waals surface area contributed by atoms with Crippen molar-refractivity contribution in [1.29, 1.82) is 0 Å². The molecule has 0 saturated heterocycles. The lowest BCUT2D eigenvalue weighted by Gasteiger charge is -1.90. The van der Waals surface area contributed by atoms with Gasteiger partial charge in [0, 0.05) is 17.0 Å². The average molecular weight is 183 g/mol. The van der Waals surface area contributed by atoms with E-state index in [1.807, 2.05) is 12.1 Å². The molecular formula is C12H9NO. The van der Waals surface area contributed by atoms with Crippen LogP contribution in [0.2, 0.25) is 0 Å². The SMILES string of the molecule is Cc1ccc2oc3cnccc3c2c1. The van der Waals surface area contributed by atoms with Crippen molar-refractivity contribution >= 4 is 21.9 Å². The van der Waals surface area contributed by atoms with Gasteiger partial charge < -0.3 is 4.42 Å². The number of furan rings is 1. The molecule has 0 N–H and O–H groups in total. The predicted octanol–water partition coefficient (Wildman–Crippen LogP) is 3.29. The van der Waals surface area contributed by atoms with Gasteiger partial charge in [-0.1, -0.05) is 11.6 Å². The molecule has 3 rings (SSSR count). The molecule has 0 aliphatic heterocycles. The van der Waals surface area contributed by atoms with Gasteiger partial charge in [0.25, 0.3) is 0 Å². The highest BCUT2D eigenvalue weighted by Gasteiger charge is 2.05. The number of fused-ring (bicyclic) bond motifs is 3. The van der Waals surface area contributed by atoms with Crippen LogP contribution < -0.4 is 0 Å². The van der Waals surface area contributed by atoms with Crippen molar-refractivity contribution in [3.63, 3.8) is 0 Å². The highest BCUT2D eigenvalue weighted by Crippen LogP contribution is 2.28. The lowest BCUT2D eigenvalue weighted by Crippen LogP contribution is -1.71. The van der Waals surface area contributed by atoms with E-state index in [-0.39, 0.29) is 0 Å². The van der Waals surface area contributed by atoms with E-state index in [9.17, 15) is 0 Å². The summed E-state index contributed by atoms with van der Waals surface area (Å²) in [7, 11) is 0. The summed E-state index contributed by atoms with van der Waals surface area (Å²) in [5, 5.41) is 2.31. The molecule has 3 aromatic rings. The standard InChI is InChI=1S/C12H9NO/c1-8-2-3-11-10(6-8)9-4-5-13-7-12(9)14-11/h2-7H,1H3. The van der Waals surface area contributed by atoms with E-state index in [0.29, 0.717) is 0 Å². The van der Waals surface area contributed by atoms with Crippen molar-refractivity contribution in [1.82, 2.24) is 4.98 Å². The van der Waals surface area contributed by atoms with Crippen LogP contribution in [0.15, 0.2) is 41.1 Å². The van der Waals surface area contributed by atoms with Crippen molar-refractivity contribution in [2.75, 3.05) is 0 Å². The number of aryl methyl sites for hydroxylation is 1. The van der Waals surface area contributed by atoms with Crippen molar-refractivity contribution in [3.8, 4) is 0 Å². The quantitative estimate of drug-likeness (QED) is 0.534. The summed E-state index contributed by atoms with van der Waals surface area (Å²) in [5.41, 5.74) is 3.03. The summed E-state index contributed by atoms with van der Waals surface area (Å²) < 4.78 is 5.64. The Morgan fingerprint density at radius 2 is 2.00 bits per heavy atom. The largest absolute Gasteiger partial charge is 0.454 e. The number of nitrogens with zero attached hydrogens (tertiary/aromatic N) is 1. The summed E-state index contributed by atoms with van der Waals surface area (Å²) >= 11 is 0. The van der Waals surface area contributed by atoms with Crippen molar-refractivity contribution in [3.05, 3.63) is 42.2 Å². The van der Waals surface area contributed by atoms with Gasteiger partial charge >= 0.3 is 0 Å². The first-order valence-corrected chi connectivity index (χ1v) is 4.57. The fourth-order valence-electron chi connectivity index (χ4n) is 1.75. The van der Waals surface area contributed by atoms with Crippen LogP contribution in [0.1, 0.15) is 5.56 Å². The zero-order valence-corrected chi connectivity index (χ0v) is 7.82. The van der Waals surface area contributed by atoms with Gasteiger partial charge in [0.2, 0.25) is 0 Å². The minimum Gasteiger partial charge on any atom is -0.454 e. The third-order valence-corrected chi connectivity index (χ3v) is 2.43. The molecule has 0 atom stereocenters. The van der Waals surface area contributed by atoms with E-state index in [1.165, 1.54) is 10.9 Å². The van der Waals surface area contributed by atoms with Crippen LogP contribution in [-0.4, -0.2) is 4.98 Å². The van der Waals surface area contributed by atoms with E-state index in [4.69, 9.17) is 4.42 Å². The van der Waals surface area contributed by atoms with E-state index in [0.717, 1.165) is 16.6 Å². The third-order valence-electron chi connectivity index (χ3n) is 2.43. The van der Waals surface area contributed by atoms with Crippen LogP contribution in [0.4, 0.5) is 0 Å². The van der Waals surface area contributed by atoms with Crippen LogP contribution in [0.3, 0.4) is 0 Å². The number of pyridine rings is 1. The number of rotatable bonds is 0. The van der Waals surface area contributed by atoms with Gasteiger partial charge in [0.15, 0.2) is 5.58 Å². The first kappa shape index (κ1) is 7.56. The number of hydrogen-bond donors (Lipinski definition) is 0. The maximum Gasteiger partial charge on any atom is 0.153 e. The Morgan fingerprint density at radius 3 is 2.93 bits per heavy atom. The number of hydrogen-bond acceptors (Lipinski definition) is 2. The van der Waals surface area contributed by atoms with Gasteiger partial charge in [-0.05, 0) is 25.1 Å². The second-order valence-electron chi connectivity index (χ2n) is 3.47. The normalized spacial score (nSPS) is 11.2. The molecule has 0 spiro atoms. The molecule has 2 nitrogen and oxygen atoms in total. The van der Waals surface area contributed by atoms with Gasteiger partial charge in [-0.25, -0.2) is 0 Å². The van der Waals surface area contributed by atoms with E-state index < -0.39 is 0 Å². The predicted molar refractivity (Wildman–Crippen MR) is 56.3 cm³/mol. The summed E-state index contributed by atoms with van der Waals surface area (Å²) in [4.78, 5) is 4.04. The van der Waals surface area contributed by atoms with Crippen LogP contribution >= 0.6 is 0 Å². The van der Waals surface area contributed by atoms with E-state index >= 15 is 0 Å². The molecule has 1 aromatic carbocycles. The minimum absolute atomic E-state index is 0.855. The molecule has 14 heavy (non-hydrogen) atoms. The Kier molecular flexibility index (Phi) is 1.39. The molecule has 2 heterocycles. The van der Waals surface area contributed by atoms with Crippen LogP contribution in [0.25, 0.3) is 21.9 Å². The Balaban J connectivity index is 2.58. The van der Waals surface area contributed by atoms with Crippen molar-refractivity contribution < 1.29 is 4.42 Å². The maximum absolute atomic E-state index is 5.64. The zero-order chi connectivity index (χ0) is 9.54. The molecule has 2 heteroatoms. The van der Waals surface area contributed by atoms with Crippen LogP contribution in [-0.2, 0) is 0 Å². The van der Waals surface area contributed by atoms with Gasteiger partial charge in [-0.3, -0.25) is 4.98 Å². The molecule has 0 aliphatic rings. The van der Waals surface area contributed by atoms with Gasteiger partial charge in [0.1, 0.15) is 5.58 Å². The first-order chi connectivity index (χ1) is 6.84. The van der Waals surface area contributed by atoms with Gasteiger partial charge in [-0.15, -0.1) is 0 Å². The smallest absolute Gasteiger partial charge is 0.153 e. The second kappa shape index (κ2) is 2.58. The first-order valence-electron chi connectivity index (χ1n) is 4.57. The highest BCUT2D eigenvalue weighted by atomic mass is 16.3. The molecule has 0 radical (unpaired) electrons. The Morgan fingerprint density at radius 1 is 1.07 bits per heavy atom. The minimum atomic E-state index is 0.855. The summed E-state index contributed by atoms with van der Waals surface area (Å²) in [6, 6.07) is 8.19. The zero-order valence-electron chi connectivity index (χ0n) is 7.82. The molecular weight excluding hydrogens is 174 g/mol. The summed E-state index contributed by atoms with van der Waals surface area (Å²) in [6.07, 6.45) is 3.55. The highest BCUT2D eigenvalue weighted by molar-refractivity contribution is 6.04. The second-order valence-corrected chi connectivity index (χ2v) is 3.47. The number of aromatic nitrogens is 1. The average Bonchev–Trinajstić information content (AvgIpc) is 2.56. The molecule has 68 valence electrons. The van der Waals surface area contributed by atoms with E-state index in [1.54, 1.807) is 12.4 Å². The molecule has 0 unspecified atom stereocenters. The molecule has 2 aromatic heterocycles. The molecule has 0 saturated carbocycles. The summed E-state index contributed by atoms with van der Waals surface area (Å²) in [5.74, 6) is 0.